The Labute approximate surface area is 70.1 Å². The lowest BCUT2D eigenvalue weighted by Gasteiger charge is -1.98. The van der Waals surface area contributed by atoms with Crippen LogP contribution >= 0.6 is 0 Å². The van der Waals surface area contributed by atoms with E-state index in [0.29, 0.717) is 5.69 Å². The Bertz CT molecular complexity index is 367. The Morgan fingerprint density at radius 1 is 1.33 bits per heavy atom. The molecule has 12 heavy (non-hydrogen) atoms. The number of methoxy groups -OCH3 is 1. The molecule has 0 saturated heterocycles. The summed E-state index contributed by atoms with van der Waals surface area (Å²) in [5.41, 5.74) is 8.25. The molecule has 0 aromatic carbocycles. The first-order valence-corrected chi connectivity index (χ1v) is 3.60. The number of ether oxygens (including phenoxy) is 1. The lowest BCUT2D eigenvalue weighted by atomic mass is 10.2. The van der Waals surface area contributed by atoms with Crippen LogP contribution in [-0.2, 0) is 0 Å². The molecule has 3 nitrogen and oxygen atoms in total. The van der Waals surface area contributed by atoms with Gasteiger partial charge in [0.15, 0.2) is 0 Å². The van der Waals surface area contributed by atoms with E-state index >= 15 is 0 Å². The minimum absolute atomic E-state index is 0.635. The van der Waals surface area contributed by atoms with Crippen LogP contribution in [-0.4, -0.2) is 7.11 Å². The second kappa shape index (κ2) is 2.44. The fourth-order valence-corrected chi connectivity index (χ4v) is 1.21. The number of nitrogen functional groups attached to an aromatic ring is 1. The molecule has 3 heteroatoms. The van der Waals surface area contributed by atoms with Crippen molar-refractivity contribution < 1.29 is 9.15 Å². The Kier molecular flexibility index (Phi) is 1.43. The van der Waals surface area contributed by atoms with Gasteiger partial charge in [-0.3, -0.25) is 0 Å². The Balaban J connectivity index is 2.66. The van der Waals surface area contributed by atoms with Gasteiger partial charge in [-0.05, 0) is 12.1 Å². The standard InChI is InChI=1S/C9H9NO2/c1-11-7-2-6-4-12-5-9(10)8(6)3-7/h2-5H,10H2,1H3. The second-order valence-corrected chi connectivity index (χ2v) is 2.59. The van der Waals surface area contributed by atoms with Gasteiger partial charge in [-0.2, -0.15) is 0 Å². The molecule has 0 spiro atoms. The van der Waals surface area contributed by atoms with Gasteiger partial charge >= 0.3 is 0 Å². The fraction of sp³-hybridized carbons (Fsp3) is 0.111. The largest absolute Gasteiger partial charge is 0.497 e. The van der Waals surface area contributed by atoms with Crippen LogP contribution in [0.1, 0.15) is 0 Å². The van der Waals surface area contributed by atoms with Crippen molar-refractivity contribution in [1.29, 1.82) is 0 Å². The van der Waals surface area contributed by atoms with Crippen molar-refractivity contribution in [3.05, 3.63) is 24.7 Å². The molecule has 0 bridgehead atoms. The fourth-order valence-electron chi connectivity index (χ4n) is 1.21. The number of fused-ring (bicyclic) bond motifs is 1. The summed E-state index contributed by atoms with van der Waals surface area (Å²) >= 11 is 0. The second-order valence-electron chi connectivity index (χ2n) is 2.59. The summed E-state index contributed by atoms with van der Waals surface area (Å²) in [6, 6.07) is 3.77. The molecule has 0 amide bonds. The normalized spacial score (nSPS) is 10.4. The van der Waals surface area contributed by atoms with E-state index in [0.717, 1.165) is 16.9 Å². The molecule has 62 valence electrons. The summed E-state index contributed by atoms with van der Waals surface area (Å²) in [7, 11) is 1.63. The number of rotatable bonds is 1. The molecule has 1 aliphatic heterocycles. The van der Waals surface area contributed by atoms with E-state index in [1.165, 1.54) is 6.26 Å². The molecule has 2 rings (SSSR count). The minimum atomic E-state index is 0.635. The molecule has 0 radical (unpaired) electrons. The van der Waals surface area contributed by atoms with Crippen molar-refractivity contribution in [3.63, 3.8) is 0 Å². The SMILES string of the molecule is COc1cc2cocc(N)c-2c1. The Morgan fingerprint density at radius 3 is 2.83 bits per heavy atom. The summed E-state index contributed by atoms with van der Waals surface area (Å²) in [5.74, 6) is 0.804. The van der Waals surface area contributed by atoms with E-state index in [2.05, 4.69) is 0 Å². The van der Waals surface area contributed by atoms with Crippen molar-refractivity contribution in [2.45, 2.75) is 0 Å². The number of nitrogens with two attached hydrogens (primary N) is 1. The highest BCUT2D eigenvalue weighted by molar-refractivity contribution is 5.79. The number of anilines is 1. The third-order valence-corrected chi connectivity index (χ3v) is 1.83. The highest BCUT2D eigenvalue weighted by atomic mass is 16.5. The van der Waals surface area contributed by atoms with Crippen molar-refractivity contribution in [3.8, 4) is 16.9 Å². The van der Waals surface area contributed by atoms with Gasteiger partial charge in [0.25, 0.3) is 0 Å². The van der Waals surface area contributed by atoms with Gasteiger partial charge in [-0.1, -0.05) is 0 Å². The maximum absolute atomic E-state index is 5.67. The third kappa shape index (κ3) is 0.906. The number of hydrogen-bond acceptors (Lipinski definition) is 3. The van der Waals surface area contributed by atoms with E-state index in [9.17, 15) is 0 Å². The topological polar surface area (TPSA) is 48.4 Å². The molecule has 2 aliphatic rings. The van der Waals surface area contributed by atoms with Crippen LogP contribution in [0.3, 0.4) is 0 Å². The van der Waals surface area contributed by atoms with E-state index < -0.39 is 0 Å². The lowest BCUT2D eigenvalue weighted by Crippen LogP contribution is -1.86. The smallest absolute Gasteiger partial charge is 0.120 e. The summed E-state index contributed by atoms with van der Waals surface area (Å²) < 4.78 is 10.1. The summed E-state index contributed by atoms with van der Waals surface area (Å²) in [6.45, 7) is 0. The van der Waals surface area contributed by atoms with Gasteiger partial charge in [-0.15, -0.1) is 0 Å². The Hall–Kier alpha value is -1.64. The van der Waals surface area contributed by atoms with Gasteiger partial charge in [0.2, 0.25) is 0 Å². The quantitative estimate of drug-likeness (QED) is 0.699. The molecule has 2 N–H and O–H groups in total. The zero-order valence-electron chi connectivity index (χ0n) is 6.70. The molecule has 0 aromatic rings. The summed E-state index contributed by atoms with van der Waals surface area (Å²) in [6.07, 6.45) is 3.16. The van der Waals surface area contributed by atoms with Gasteiger partial charge in [-0.25, -0.2) is 0 Å². The average molecular weight is 163 g/mol. The van der Waals surface area contributed by atoms with Crippen LogP contribution in [0.15, 0.2) is 29.1 Å². The maximum atomic E-state index is 5.67. The van der Waals surface area contributed by atoms with E-state index in [1.54, 1.807) is 13.4 Å². The zero-order valence-corrected chi connectivity index (χ0v) is 6.70. The van der Waals surface area contributed by atoms with Crippen molar-refractivity contribution in [1.82, 2.24) is 0 Å². The highest BCUT2D eigenvalue weighted by Gasteiger charge is 2.10. The van der Waals surface area contributed by atoms with Crippen molar-refractivity contribution >= 4 is 5.69 Å². The van der Waals surface area contributed by atoms with Gasteiger partial charge in [0.1, 0.15) is 12.0 Å². The molecular formula is C9H9NO2. The van der Waals surface area contributed by atoms with Crippen LogP contribution in [0.5, 0.6) is 5.75 Å². The van der Waals surface area contributed by atoms with Crippen LogP contribution in [0.2, 0.25) is 0 Å². The molecular weight excluding hydrogens is 154 g/mol. The molecule has 0 fully saturated rings. The first kappa shape index (κ1) is 7.03. The lowest BCUT2D eigenvalue weighted by molar-refractivity contribution is 0.416. The molecule has 1 heterocycles. The third-order valence-electron chi connectivity index (χ3n) is 1.83. The van der Waals surface area contributed by atoms with E-state index in [-0.39, 0.29) is 0 Å². The van der Waals surface area contributed by atoms with Crippen LogP contribution < -0.4 is 10.5 Å². The number of hydrogen-bond donors (Lipinski definition) is 1. The predicted molar refractivity (Wildman–Crippen MR) is 46.3 cm³/mol. The first-order chi connectivity index (χ1) is 5.81. The van der Waals surface area contributed by atoms with Gasteiger partial charge < -0.3 is 14.9 Å². The predicted octanol–water partition coefficient (Wildman–Crippen LogP) is 1.98. The summed E-state index contributed by atoms with van der Waals surface area (Å²) in [4.78, 5) is 0. The molecule has 1 aliphatic carbocycles. The highest BCUT2D eigenvalue weighted by Crippen LogP contribution is 2.34. The van der Waals surface area contributed by atoms with Gasteiger partial charge in [0, 0.05) is 11.1 Å². The van der Waals surface area contributed by atoms with Crippen LogP contribution in [0.25, 0.3) is 11.1 Å². The van der Waals surface area contributed by atoms with Crippen molar-refractivity contribution in [2.75, 3.05) is 12.8 Å². The first-order valence-electron chi connectivity index (χ1n) is 3.60. The average Bonchev–Trinajstić information content (AvgIpc) is 2.49. The van der Waals surface area contributed by atoms with Crippen LogP contribution in [0.4, 0.5) is 5.69 Å². The van der Waals surface area contributed by atoms with Crippen LogP contribution in [0, 0.1) is 0 Å². The zero-order chi connectivity index (χ0) is 8.55. The van der Waals surface area contributed by atoms with E-state index in [4.69, 9.17) is 14.9 Å². The van der Waals surface area contributed by atoms with Crippen molar-refractivity contribution in [2.24, 2.45) is 0 Å². The maximum Gasteiger partial charge on any atom is 0.120 e. The summed E-state index contributed by atoms with van der Waals surface area (Å²) in [5, 5.41) is 0. The molecule has 0 saturated carbocycles. The molecule has 0 aromatic heterocycles. The Morgan fingerprint density at radius 2 is 2.17 bits per heavy atom. The van der Waals surface area contributed by atoms with E-state index in [1.807, 2.05) is 12.1 Å². The molecule has 0 unspecified atom stereocenters. The minimum Gasteiger partial charge on any atom is -0.497 e. The monoisotopic (exact) mass is 163 g/mol. The van der Waals surface area contributed by atoms with Gasteiger partial charge in [0.05, 0.1) is 19.1 Å². The molecule has 0 atom stereocenters.